The van der Waals surface area contributed by atoms with Crippen LogP contribution in [-0.2, 0) is 12.1 Å². The SMILES string of the molecule is CC1(C)CC(N2C(=O)c3ccccc3[C@]2(O)Cc2ccccc2)CC(C)(C)N1. The molecular weight excluding hydrogens is 348 g/mol. The Balaban J connectivity index is 1.79. The third kappa shape index (κ3) is 3.25. The van der Waals surface area contributed by atoms with Crippen LogP contribution in [0.15, 0.2) is 54.6 Å². The highest BCUT2D eigenvalue weighted by molar-refractivity contribution is 6.00. The zero-order valence-corrected chi connectivity index (χ0v) is 17.2. The number of nitrogens with zero attached hydrogens (tertiary/aromatic N) is 1. The van der Waals surface area contributed by atoms with Crippen LogP contribution in [0, 0.1) is 0 Å². The maximum Gasteiger partial charge on any atom is 0.257 e. The van der Waals surface area contributed by atoms with Crippen molar-refractivity contribution in [1.29, 1.82) is 0 Å². The summed E-state index contributed by atoms with van der Waals surface area (Å²) in [6, 6.07) is 17.4. The molecule has 2 aromatic carbocycles. The summed E-state index contributed by atoms with van der Waals surface area (Å²) in [4.78, 5) is 15.2. The number of piperidine rings is 1. The van der Waals surface area contributed by atoms with Gasteiger partial charge in [0.1, 0.15) is 0 Å². The summed E-state index contributed by atoms with van der Waals surface area (Å²) in [6.07, 6.45) is 1.99. The Kier molecular flexibility index (Phi) is 4.40. The van der Waals surface area contributed by atoms with Gasteiger partial charge in [-0.3, -0.25) is 4.79 Å². The van der Waals surface area contributed by atoms with Crippen molar-refractivity contribution in [2.75, 3.05) is 0 Å². The van der Waals surface area contributed by atoms with E-state index in [1.807, 2.05) is 54.6 Å². The van der Waals surface area contributed by atoms with Gasteiger partial charge in [-0.2, -0.15) is 0 Å². The fourth-order valence-corrected chi connectivity index (χ4v) is 5.43. The van der Waals surface area contributed by atoms with E-state index in [-0.39, 0.29) is 23.0 Å². The third-order valence-corrected chi connectivity index (χ3v) is 6.03. The lowest BCUT2D eigenvalue weighted by Gasteiger charge is -2.51. The largest absolute Gasteiger partial charge is 0.366 e. The normalized spacial score (nSPS) is 26.3. The molecule has 0 aromatic heterocycles. The first-order valence-electron chi connectivity index (χ1n) is 10.1. The molecule has 0 bridgehead atoms. The van der Waals surface area contributed by atoms with E-state index in [0.29, 0.717) is 12.0 Å². The van der Waals surface area contributed by atoms with Crippen molar-refractivity contribution >= 4 is 5.91 Å². The molecule has 2 heterocycles. The van der Waals surface area contributed by atoms with E-state index in [2.05, 4.69) is 33.0 Å². The molecule has 4 rings (SSSR count). The molecule has 2 aromatic rings. The summed E-state index contributed by atoms with van der Waals surface area (Å²) in [5.74, 6) is -0.0625. The zero-order valence-electron chi connectivity index (χ0n) is 17.2. The lowest BCUT2D eigenvalue weighted by Crippen LogP contribution is -2.64. The second-order valence-corrected chi connectivity index (χ2v) is 9.65. The number of nitrogens with one attached hydrogen (secondary N) is 1. The molecule has 2 aliphatic rings. The van der Waals surface area contributed by atoms with E-state index < -0.39 is 5.72 Å². The summed E-state index contributed by atoms with van der Waals surface area (Å²) in [6.45, 7) is 8.69. The summed E-state index contributed by atoms with van der Waals surface area (Å²) in [5, 5.41) is 15.7. The Bertz CT molecular complexity index is 874. The molecule has 2 aliphatic heterocycles. The first kappa shape index (κ1) is 19.2. The van der Waals surface area contributed by atoms with Gasteiger partial charge in [0, 0.05) is 34.7 Å². The van der Waals surface area contributed by atoms with E-state index >= 15 is 0 Å². The molecule has 1 fully saturated rings. The highest BCUT2D eigenvalue weighted by atomic mass is 16.3. The van der Waals surface area contributed by atoms with E-state index in [9.17, 15) is 9.90 Å². The Morgan fingerprint density at radius 2 is 1.54 bits per heavy atom. The molecule has 1 atom stereocenters. The van der Waals surface area contributed by atoms with E-state index in [0.717, 1.165) is 24.0 Å². The summed E-state index contributed by atoms with van der Waals surface area (Å²) in [7, 11) is 0. The predicted octanol–water partition coefficient (Wildman–Crippen LogP) is 3.84. The first-order chi connectivity index (χ1) is 13.1. The standard InChI is InChI=1S/C24H30N2O2/c1-22(2)15-18(16-23(3,4)25-22)26-21(27)19-12-8-9-13-20(19)24(26,28)14-17-10-6-5-7-11-17/h5-13,18,25,28H,14-16H2,1-4H3/t24-/m1/s1. The van der Waals surface area contributed by atoms with E-state index in [1.54, 1.807) is 4.90 Å². The molecule has 4 heteroatoms. The molecule has 0 unspecified atom stereocenters. The summed E-state index contributed by atoms with van der Waals surface area (Å²) in [5.41, 5.74) is 0.799. The van der Waals surface area contributed by atoms with Crippen molar-refractivity contribution in [2.45, 2.75) is 69.8 Å². The van der Waals surface area contributed by atoms with Gasteiger partial charge >= 0.3 is 0 Å². The lowest BCUT2D eigenvalue weighted by atomic mass is 9.78. The highest BCUT2D eigenvalue weighted by Gasteiger charge is 2.54. The number of rotatable bonds is 3. The average molecular weight is 379 g/mol. The monoisotopic (exact) mass is 378 g/mol. The van der Waals surface area contributed by atoms with Crippen LogP contribution in [0.25, 0.3) is 0 Å². The summed E-state index contributed by atoms with van der Waals surface area (Å²) < 4.78 is 0. The number of hydrogen-bond acceptors (Lipinski definition) is 3. The molecule has 0 radical (unpaired) electrons. The van der Waals surface area contributed by atoms with Gasteiger partial charge in [0.2, 0.25) is 0 Å². The van der Waals surface area contributed by atoms with E-state index in [1.165, 1.54) is 0 Å². The predicted molar refractivity (Wildman–Crippen MR) is 111 cm³/mol. The van der Waals surface area contributed by atoms with Gasteiger partial charge in [-0.05, 0) is 52.2 Å². The van der Waals surface area contributed by atoms with Crippen molar-refractivity contribution in [3.63, 3.8) is 0 Å². The minimum Gasteiger partial charge on any atom is -0.366 e. The van der Waals surface area contributed by atoms with Crippen LogP contribution in [-0.4, -0.2) is 33.0 Å². The Morgan fingerprint density at radius 1 is 0.964 bits per heavy atom. The molecule has 148 valence electrons. The number of benzene rings is 2. The van der Waals surface area contributed by atoms with Crippen molar-refractivity contribution in [1.82, 2.24) is 10.2 Å². The Hall–Kier alpha value is -2.17. The minimum atomic E-state index is -1.33. The van der Waals surface area contributed by atoms with Crippen molar-refractivity contribution in [3.8, 4) is 0 Å². The second-order valence-electron chi connectivity index (χ2n) is 9.65. The highest BCUT2D eigenvalue weighted by Crippen LogP contribution is 2.45. The molecule has 1 amide bonds. The molecule has 2 N–H and O–H groups in total. The van der Waals surface area contributed by atoms with Crippen LogP contribution >= 0.6 is 0 Å². The minimum absolute atomic E-state index is 0.0418. The van der Waals surface area contributed by atoms with Crippen LogP contribution in [0.3, 0.4) is 0 Å². The van der Waals surface area contributed by atoms with Gasteiger partial charge in [0.05, 0.1) is 0 Å². The number of amides is 1. The third-order valence-electron chi connectivity index (χ3n) is 6.03. The molecular formula is C24H30N2O2. The Morgan fingerprint density at radius 3 is 2.18 bits per heavy atom. The van der Waals surface area contributed by atoms with Gasteiger partial charge < -0.3 is 15.3 Å². The molecule has 0 saturated carbocycles. The van der Waals surface area contributed by atoms with Crippen molar-refractivity contribution in [2.24, 2.45) is 0 Å². The number of carbonyl (C=O) groups excluding carboxylic acids is 1. The second kappa shape index (κ2) is 6.43. The fourth-order valence-electron chi connectivity index (χ4n) is 5.43. The van der Waals surface area contributed by atoms with Crippen molar-refractivity contribution < 1.29 is 9.90 Å². The van der Waals surface area contributed by atoms with E-state index in [4.69, 9.17) is 0 Å². The summed E-state index contributed by atoms with van der Waals surface area (Å²) >= 11 is 0. The maximum atomic E-state index is 13.5. The zero-order chi connectivity index (χ0) is 20.2. The number of fused-ring (bicyclic) bond motifs is 1. The van der Waals surface area contributed by atoms with Crippen LogP contribution in [0.2, 0.25) is 0 Å². The van der Waals surface area contributed by atoms with Gasteiger partial charge in [-0.25, -0.2) is 0 Å². The number of carbonyl (C=O) groups is 1. The van der Waals surface area contributed by atoms with Crippen molar-refractivity contribution in [3.05, 3.63) is 71.3 Å². The maximum absolute atomic E-state index is 13.5. The van der Waals surface area contributed by atoms with Crippen LogP contribution < -0.4 is 5.32 Å². The van der Waals surface area contributed by atoms with Gasteiger partial charge in [-0.1, -0.05) is 48.5 Å². The number of hydrogen-bond donors (Lipinski definition) is 2. The number of aliphatic hydroxyl groups is 1. The molecule has 0 spiro atoms. The first-order valence-corrected chi connectivity index (χ1v) is 10.1. The average Bonchev–Trinajstić information content (AvgIpc) is 2.81. The van der Waals surface area contributed by atoms with Gasteiger partial charge in [0.15, 0.2) is 5.72 Å². The van der Waals surface area contributed by atoms with Crippen LogP contribution in [0.5, 0.6) is 0 Å². The fraction of sp³-hybridized carbons (Fsp3) is 0.458. The Labute approximate surface area is 167 Å². The van der Waals surface area contributed by atoms with Gasteiger partial charge in [0.25, 0.3) is 5.91 Å². The lowest BCUT2D eigenvalue weighted by molar-refractivity contribution is -0.116. The van der Waals surface area contributed by atoms with Crippen LogP contribution in [0.1, 0.15) is 62.0 Å². The smallest absolute Gasteiger partial charge is 0.257 e. The quantitative estimate of drug-likeness (QED) is 0.853. The molecule has 0 aliphatic carbocycles. The molecule has 1 saturated heterocycles. The van der Waals surface area contributed by atoms with Gasteiger partial charge in [-0.15, -0.1) is 0 Å². The van der Waals surface area contributed by atoms with Crippen LogP contribution in [0.4, 0.5) is 0 Å². The molecule has 28 heavy (non-hydrogen) atoms. The topological polar surface area (TPSA) is 52.6 Å². The molecule has 4 nitrogen and oxygen atoms in total.